The van der Waals surface area contributed by atoms with Gasteiger partial charge < -0.3 is 15.6 Å². The van der Waals surface area contributed by atoms with Gasteiger partial charge >= 0.3 is 0 Å². The molecule has 0 spiro atoms. The zero-order valence-corrected chi connectivity index (χ0v) is 9.87. The van der Waals surface area contributed by atoms with Crippen LogP contribution in [0.5, 0.6) is 11.5 Å². The number of ketones is 1. The number of benzene rings is 1. The van der Waals surface area contributed by atoms with Crippen molar-refractivity contribution in [2.75, 3.05) is 13.7 Å². The van der Waals surface area contributed by atoms with E-state index in [0.717, 1.165) is 0 Å². The second kappa shape index (κ2) is 5.14. The van der Waals surface area contributed by atoms with Gasteiger partial charge in [0.15, 0.2) is 5.78 Å². The summed E-state index contributed by atoms with van der Waals surface area (Å²) in [6, 6.07) is 2.93. The maximum atomic E-state index is 11.5. The lowest BCUT2D eigenvalue weighted by molar-refractivity contribution is 0.0982. The Morgan fingerprint density at radius 2 is 2.27 bits per heavy atom. The van der Waals surface area contributed by atoms with E-state index >= 15 is 0 Å². The molecule has 0 aliphatic heterocycles. The molecule has 0 atom stereocenters. The van der Waals surface area contributed by atoms with Gasteiger partial charge in [0.2, 0.25) is 0 Å². The number of Topliss-reactive ketones (excluding diaryl/α,β-unsaturated/α-hetero) is 1. The van der Waals surface area contributed by atoms with Crippen molar-refractivity contribution in [3.8, 4) is 11.5 Å². The number of phenolic OH excluding ortho intramolecular Hbond substituents is 1. The quantitative estimate of drug-likeness (QED) is 0.819. The van der Waals surface area contributed by atoms with Gasteiger partial charge in [-0.15, -0.1) is 0 Å². The van der Waals surface area contributed by atoms with Crippen LogP contribution in [0, 0.1) is 0 Å². The first-order valence-electron chi connectivity index (χ1n) is 4.40. The Balaban J connectivity index is 3.12. The molecule has 5 heteroatoms. The lowest BCUT2D eigenvalue weighted by atomic mass is 10.1. The van der Waals surface area contributed by atoms with E-state index in [2.05, 4.69) is 15.9 Å². The lowest BCUT2D eigenvalue weighted by Gasteiger charge is -2.08. The normalized spacial score (nSPS) is 10.1. The number of carbonyl (C=O) groups is 1. The van der Waals surface area contributed by atoms with Crippen LogP contribution < -0.4 is 10.5 Å². The summed E-state index contributed by atoms with van der Waals surface area (Å²) in [4.78, 5) is 11.5. The molecule has 82 valence electrons. The van der Waals surface area contributed by atoms with E-state index in [1.165, 1.54) is 19.2 Å². The molecule has 1 rings (SSSR count). The van der Waals surface area contributed by atoms with E-state index in [-0.39, 0.29) is 30.1 Å². The Morgan fingerprint density at radius 3 is 2.80 bits per heavy atom. The minimum atomic E-state index is -0.194. The summed E-state index contributed by atoms with van der Waals surface area (Å²) >= 11 is 3.21. The number of hydrogen-bond donors (Lipinski definition) is 2. The molecule has 0 aliphatic rings. The number of aromatic hydroxyl groups is 1. The third-order valence-corrected chi connectivity index (χ3v) is 2.56. The van der Waals surface area contributed by atoms with Crippen LogP contribution in [-0.4, -0.2) is 24.5 Å². The third-order valence-electron chi connectivity index (χ3n) is 1.94. The molecule has 0 aliphatic carbocycles. The van der Waals surface area contributed by atoms with Gasteiger partial charge in [-0.3, -0.25) is 4.79 Å². The number of methoxy groups -OCH3 is 1. The lowest BCUT2D eigenvalue weighted by Crippen LogP contribution is -2.08. The molecule has 1 aromatic carbocycles. The highest BCUT2D eigenvalue weighted by Crippen LogP contribution is 2.32. The molecule has 0 saturated carbocycles. The fraction of sp³-hybridized carbons (Fsp3) is 0.300. The van der Waals surface area contributed by atoms with Crippen molar-refractivity contribution in [1.82, 2.24) is 0 Å². The molecule has 15 heavy (non-hydrogen) atoms. The highest BCUT2D eigenvalue weighted by atomic mass is 79.9. The maximum Gasteiger partial charge on any atom is 0.167 e. The summed E-state index contributed by atoms with van der Waals surface area (Å²) < 4.78 is 5.63. The number of phenols is 1. The summed E-state index contributed by atoms with van der Waals surface area (Å²) in [6.45, 7) is 0.261. The molecule has 3 N–H and O–H groups in total. The van der Waals surface area contributed by atoms with Crippen LogP contribution >= 0.6 is 15.9 Å². The standard InChI is InChI=1S/C10H12BrNO3/c1-15-10-4-6(8(13)2-3-12)9(14)5-7(10)11/h4-5,14H,2-3,12H2,1H3. The smallest absolute Gasteiger partial charge is 0.167 e. The Bertz CT molecular complexity index is 379. The van der Waals surface area contributed by atoms with Crippen LogP contribution in [0.15, 0.2) is 16.6 Å². The van der Waals surface area contributed by atoms with E-state index in [1.54, 1.807) is 0 Å². The first kappa shape index (κ1) is 12.0. The molecule has 0 fully saturated rings. The van der Waals surface area contributed by atoms with Crippen molar-refractivity contribution in [2.24, 2.45) is 5.73 Å². The van der Waals surface area contributed by atoms with Crippen molar-refractivity contribution in [3.05, 3.63) is 22.2 Å². The van der Waals surface area contributed by atoms with Crippen LogP contribution in [0.1, 0.15) is 16.8 Å². The second-order valence-corrected chi connectivity index (χ2v) is 3.82. The van der Waals surface area contributed by atoms with Crippen molar-refractivity contribution in [3.63, 3.8) is 0 Å². The van der Waals surface area contributed by atoms with Crippen molar-refractivity contribution in [2.45, 2.75) is 6.42 Å². The van der Waals surface area contributed by atoms with Crippen LogP contribution in [0.2, 0.25) is 0 Å². The monoisotopic (exact) mass is 273 g/mol. The number of hydrogen-bond acceptors (Lipinski definition) is 4. The summed E-state index contributed by atoms with van der Waals surface area (Å²) in [6.07, 6.45) is 0.207. The second-order valence-electron chi connectivity index (χ2n) is 2.97. The first-order valence-corrected chi connectivity index (χ1v) is 5.19. The van der Waals surface area contributed by atoms with Crippen LogP contribution in [-0.2, 0) is 0 Å². The largest absolute Gasteiger partial charge is 0.507 e. The maximum absolute atomic E-state index is 11.5. The van der Waals surface area contributed by atoms with Gasteiger partial charge in [-0.2, -0.15) is 0 Å². The molecule has 0 saturated heterocycles. The predicted molar refractivity (Wildman–Crippen MR) is 60.4 cm³/mol. The fourth-order valence-electron chi connectivity index (χ4n) is 1.19. The zero-order chi connectivity index (χ0) is 11.4. The summed E-state index contributed by atoms with van der Waals surface area (Å²) in [5, 5.41) is 9.56. The van der Waals surface area contributed by atoms with Crippen molar-refractivity contribution in [1.29, 1.82) is 0 Å². The predicted octanol–water partition coefficient (Wildman–Crippen LogP) is 1.69. The number of carbonyl (C=O) groups excluding carboxylic acids is 1. The average molecular weight is 274 g/mol. The molecule has 0 amide bonds. The zero-order valence-electron chi connectivity index (χ0n) is 8.29. The SMILES string of the molecule is COc1cc(C(=O)CCN)c(O)cc1Br. The summed E-state index contributed by atoms with van der Waals surface area (Å²) in [5.41, 5.74) is 5.51. The highest BCUT2D eigenvalue weighted by Gasteiger charge is 2.14. The third kappa shape index (κ3) is 2.70. The van der Waals surface area contributed by atoms with E-state index < -0.39 is 0 Å². The molecule has 0 radical (unpaired) electrons. The Kier molecular flexibility index (Phi) is 4.11. The van der Waals surface area contributed by atoms with E-state index in [9.17, 15) is 9.90 Å². The molecular weight excluding hydrogens is 262 g/mol. The summed E-state index contributed by atoms with van der Waals surface area (Å²) in [5.74, 6) is 0.245. The van der Waals surface area contributed by atoms with Crippen LogP contribution in [0.25, 0.3) is 0 Å². The minimum absolute atomic E-state index is 0.0684. The molecule has 1 aromatic rings. The van der Waals surface area contributed by atoms with Crippen molar-refractivity contribution >= 4 is 21.7 Å². The molecule has 0 bridgehead atoms. The molecule has 0 heterocycles. The summed E-state index contributed by atoms with van der Waals surface area (Å²) in [7, 11) is 1.49. The molecule has 0 unspecified atom stereocenters. The van der Waals surface area contributed by atoms with Crippen LogP contribution in [0.3, 0.4) is 0 Å². The molecule has 4 nitrogen and oxygen atoms in total. The Hall–Kier alpha value is -1.07. The van der Waals surface area contributed by atoms with E-state index in [1.807, 2.05) is 0 Å². The van der Waals surface area contributed by atoms with E-state index in [0.29, 0.717) is 10.2 Å². The van der Waals surface area contributed by atoms with Gasteiger partial charge in [-0.05, 0) is 34.6 Å². The van der Waals surface area contributed by atoms with Gasteiger partial charge in [-0.25, -0.2) is 0 Å². The van der Waals surface area contributed by atoms with E-state index in [4.69, 9.17) is 10.5 Å². The Labute approximate surface area is 96.2 Å². The van der Waals surface area contributed by atoms with Gasteiger partial charge in [0.1, 0.15) is 11.5 Å². The average Bonchev–Trinajstić information content (AvgIpc) is 2.18. The van der Waals surface area contributed by atoms with Gasteiger partial charge in [0.25, 0.3) is 0 Å². The molecular formula is C10H12BrNO3. The number of rotatable bonds is 4. The number of halogens is 1. The number of ether oxygens (including phenoxy) is 1. The highest BCUT2D eigenvalue weighted by molar-refractivity contribution is 9.10. The van der Waals surface area contributed by atoms with Gasteiger partial charge in [-0.1, -0.05) is 0 Å². The van der Waals surface area contributed by atoms with Crippen molar-refractivity contribution < 1.29 is 14.6 Å². The Morgan fingerprint density at radius 1 is 1.60 bits per heavy atom. The minimum Gasteiger partial charge on any atom is -0.507 e. The fourth-order valence-corrected chi connectivity index (χ4v) is 1.68. The van der Waals surface area contributed by atoms with Crippen LogP contribution in [0.4, 0.5) is 0 Å². The topological polar surface area (TPSA) is 72.5 Å². The number of nitrogens with two attached hydrogens (primary N) is 1. The molecule has 0 aromatic heterocycles. The van der Waals surface area contributed by atoms with Gasteiger partial charge in [0, 0.05) is 6.42 Å². The van der Waals surface area contributed by atoms with Gasteiger partial charge in [0.05, 0.1) is 17.1 Å². The first-order chi connectivity index (χ1) is 7.10.